The molecule has 2 rings (SSSR count). The number of aromatic nitrogens is 2. The van der Waals surface area contributed by atoms with Crippen molar-refractivity contribution in [2.24, 2.45) is 0 Å². The fourth-order valence-corrected chi connectivity index (χ4v) is 2.91. The maximum Gasteiger partial charge on any atom is 0.411 e. The number of rotatable bonds is 2. The van der Waals surface area contributed by atoms with E-state index in [9.17, 15) is 14.8 Å². The van der Waals surface area contributed by atoms with Crippen molar-refractivity contribution in [1.29, 1.82) is 0 Å². The van der Waals surface area contributed by atoms with Gasteiger partial charge in [0.1, 0.15) is 5.52 Å². The van der Waals surface area contributed by atoms with Crippen molar-refractivity contribution >= 4 is 48.9 Å². The number of nitrogens with one attached hydrogen (secondary N) is 1. The maximum absolute atomic E-state index is 12.1. The van der Waals surface area contributed by atoms with Crippen LogP contribution < -0.4 is 10.3 Å². The molecule has 0 radical (unpaired) electrons. The molecule has 1 heterocycles. The van der Waals surface area contributed by atoms with E-state index >= 15 is 0 Å². The van der Waals surface area contributed by atoms with Gasteiger partial charge in [-0.05, 0) is 28.9 Å². The van der Waals surface area contributed by atoms with Gasteiger partial charge in [-0.25, -0.2) is 4.79 Å². The molecule has 0 bridgehead atoms. The Balaban J connectivity index is 2.82. The topological polar surface area (TPSA) is 86.1 Å². The van der Waals surface area contributed by atoms with Gasteiger partial charge in [0.25, 0.3) is 0 Å². The molecule has 0 saturated heterocycles. The summed E-state index contributed by atoms with van der Waals surface area (Å²) >= 11 is 6.48. The van der Waals surface area contributed by atoms with Crippen molar-refractivity contribution in [3.63, 3.8) is 0 Å². The zero-order chi connectivity index (χ0) is 14.2. The van der Waals surface area contributed by atoms with E-state index < -0.39 is 17.2 Å². The second-order valence-corrected chi connectivity index (χ2v) is 5.37. The number of esters is 1. The van der Waals surface area contributed by atoms with Gasteiger partial charge in [-0.15, -0.1) is 0 Å². The van der Waals surface area contributed by atoms with E-state index in [4.69, 9.17) is 4.74 Å². The van der Waals surface area contributed by atoms with Gasteiger partial charge in [-0.2, -0.15) is 4.73 Å². The van der Waals surface area contributed by atoms with Gasteiger partial charge in [-0.1, -0.05) is 15.9 Å². The average molecular weight is 392 g/mol. The summed E-state index contributed by atoms with van der Waals surface area (Å²) in [5.74, 6) is -0.947. The van der Waals surface area contributed by atoms with Crippen molar-refractivity contribution in [3.8, 4) is 0 Å². The molecule has 0 saturated carbocycles. The number of nitrogens with zero attached hydrogens (tertiary/aromatic N) is 1. The van der Waals surface area contributed by atoms with E-state index in [1.165, 1.54) is 6.07 Å². The van der Waals surface area contributed by atoms with Gasteiger partial charge in [0, 0.05) is 15.0 Å². The van der Waals surface area contributed by atoms with Crippen LogP contribution in [-0.2, 0) is 4.74 Å². The molecule has 0 unspecified atom stereocenters. The van der Waals surface area contributed by atoms with Crippen LogP contribution in [0.15, 0.2) is 25.9 Å². The van der Waals surface area contributed by atoms with Crippen molar-refractivity contribution < 1.29 is 14.3 Å². The number of aromatic amines is 1. The molecule has 100 valence electrons. The van der Waals surface area contributed by atoms with Crippen molar-refractivity contribution in [1.82, 2.24) is 4.98 Å². The predicted octanol–water partition coefficient (Wildman–Crippen LogP) is 1.86. The Bertz CT molecular complexity index is 727. The molecule has 0 spiro atoms. The number of carbonyl (C=O) groups is 1. The first-order valence-electron chi connectivity index (χ1n) is 5.27. The minimum absolute atomic E-state index is 0.0818. The summed E-state index contributed by atoms with van der Waals surface area (Å²) in [5.41, 5.74) is -0.900. The first kappa shape index (κ1) is 14.0. The van der Waals surface area contributed by atoms with Crippen LogP contribution in [0, 0.1) is 5.21 Å². The van der Waals surface area contributed by atoms with E-state index in [2.05, 4.69) is 36.8 Å². The number of carbonyl (C=O) groups excluding carboxylic acids is 1. The third-order valence-corrected chi connectivity index (χ3v) is 3.46. The van der Waals surface area contributed by atoms with Crippen LogP contribution in [-0.4, -0.2) is 17.6 Å². The molecule has 8 heteroatoms. The lowest BCUT2D eigenvalue weighted by atomic mass is 10.3. The number of H-pyrrole nitrogens is 1. The predicted molar refractivity (Wildman–Crippen MR) is 74.9 cm³/mol. The molecule has 6 nitrogen and oxygen atoms in total. The Hall–Kier alpha value is -1.41. The first-order chi connectivity index (χ1) is 8.95. The highest BCUT2D eigenvalue weighted by Crippen LogP contribution is 2.24. The first-order valence-corrected chi connectivity index (χ1v) is 6.86. The lowest BCUT2D eigenvalue weighted by Crippen LogP contribution is -2.43. The van der Waals surface area contributed by atoms with Crippen LogP contribution in [0.2, 0.25) is 0 Å². The molecular weight excluding hydrogens is 384 g/mol. The van der Waals surface area contributed by atoms with Crippen LogP contribution in [0.25, 0.3) is 11.0 Å². The van der Waals surface area contributed by atoms with E-state index in [0.717, 1.165) is 0 Å². The summed E-state index contributed by atoms with van der Waals surface area (Å²) < 4.78 is 6.15. The number of ether oxygens (including phenoxy) is 1. The number of hydrogen-bond acceptors (Lipinski definition) is 4. The van der Waals surface area contributed by atoms with Crippen LogP contribution in [0.3, 0.4) is 0 Å². The van der Waals surface area contributed by atoms with Crippen molar-refractivity contribution in [2.45, 2.75) is 6.92 Å². The van der Waals surface area contributed by atoms with Gasteiger partial charge in [0.2, 0.25) is 5.52 Å². The Kier molecular flexibility index (Phi) is 3.91. The fourth-order valence-electron chi connectivity index (χ4n) is 1.60. The van der Waals surface area contributed by atoms with Gasteiger partial charge in [-0.3, -0.25) is 4.79 Å². The van der Waals surface area contributed by atoms with Crippen molar-refractivity contribution in [2.75, 3.05) is 6.61 Å². The van der Waals surface area contributed by atoms with Gasteiger partial charge in [0.05, 0.1) is 6.61 Å². The fraction of sp³-hybridized carbons (Fsp3) is 0.182. The summed E-state index contributed by atoms with van der Waals surface area (Å²) in [7, 11) is 0. The molecule has 1 aromatic heterocycles. The molecule has 0 aliphatic heterocycles. The Morgan fingerprint density at radius 3 is 2.79 bits per heavy atom. The summed E-state index contributed by atoms with van der Waals surface area (Å²) in [6, 6.07) is 3.19. The normalized spacial score (nSPS) is 10.7. The number of benzene rings is 1. The Morgan fingerprint density at radius 1 is 1.47 bits per heavy atom. The number of hydrogen-bond donors (Lipinski definition) is 1. The average Bonchev–Trinajstić information content (AvgIpc) is 2.31. The van der Waals surface area contributed by atoms with Gasteiger partial charge >= 0.3 is 17.2 Å². The summed E-state index contributed by atoms with van der Waals surface area (Å²) in [5, 5.41) is 12.1. The van der Waals surface area contributed by atoms with Crippen molar-refractivity contribution in [3.05, 3.63) is 42.3 Å². The molecule has 2 aromatic rings. The van der Waals surface area contributed by atoms with Crippen LogP contribution in [0.4, 0.5) is 0 Å². The third kappa shape index (κ3) is 2.50. The van der Waals surface area contributed by atoms with E-state index in [0.29, 0.717) is 14.5 Å². The minimum Gasteiger partial charge on any atom is -0.617 e. The number of halogens is 2. The largest absolute Gasteiger partial charge is 0.617 e. The second-order valence-electron chi connectivity index (χ2n) is 3.60. The molecule has 1 N–H and O–H groups in total. The van der Waals surface area contributed by atoms with Gasteiger partial charge in [0.15, 0.2) is 0 Å². The Labute approximate surface area is 124 Å². The van der Waals surface area contributed by atoms with E-state index in [1.54, 1.807) is 13.0 Å². The lowest BCUT2D eigenvalue weighted by Gasteiger charge is -2.07. The second kappa shape index (κ2) is 5.30. The standard InChI is InChI=1S/C11H8Br2N2O4/c1-2-19-11(17)9-10(16)14-8-6(13)3-5(12)4-7(8)15(9)18/h3-4H,2H2,1H3,(H,14,16). The quantitative estimate of drug-likeness (QED) is 0.481. The molecular formula is C11H8Br2N2O4. The monoisotopic (exact) mass is 390 g/mol. The van der Waals surface area contributed by atoms with Crippen LogP contribution in [0.5, 0.6) is 0 Å². The smallest absolute Gasteiger partial charge is 0.411 e. The highest BCUT2D eigenvalue weighted by Gasteiger charge is 2.26. The van der Waals surface area contributed by atoms with Crippen LogP contribution in [0.1, 0.15) is 17.4 Å². The summed E-state index contributed by atoms with van der Waals surface area (Å²) in [6.45, 7) is 1.67. The van der Waals surface area contributed by atoms with Crippen LogP contribution >= 0.6 is 31.9 Å². The molecule has 19 heavy (non-hydrogen) atoms. The summed E-state index contributed by atoms with van der Waals surface area (Å²) in [6.07, 6.45) is 0. The zero-order valence-corrected chi connectivity index (χ0v) is 12.9. The summed E-state index contributed by atoms with van der Waals surface area (Å²) in [4.78, 5) is 25.9. The molecule has 0 amide bonds. The minimum atomic E-state index is -0.947. The Morgan fingerprint density at radius 2 is 2.16 bits per heavy atom. The third-order valence-electron chi connectivity index (χ3n) is 2.38. The lowest BCUT2D eigenvalue weighted by molar-refractivity contribution is -0.581. The zero-order valence-electron chi connectivity index (χ0n) is 9.70. The molecule has 0 fully saturated rings. The highest BCUT2D eigenvalue weighted by atomic mass is 79.9. The SMILES string of the molecule is CCOC(=O)c1c(=O)[nH]c2c(Br)cc(Br)cc2[n+]1[O-]. The van der Waals surface area contributed by atoms with Gasteiger partial charge < -0.3 is 14.9 Å². The molecule has 0 aliphatic carbocycles. The highest BCUT2D eigenvalue weighted by molar-refractivity contribution is 9.11. The molecule has 0 atom stereocenters. The van der Waals surface area contributed by atoms with E-state index in [1.807, 2.05) is 0 Å². The van der Waals surface area contributed by atoms with E-state index in [-0.39, 0.29) is 16.9 Å². The maximum atomic E-state index is 12.1. The molecule has 0 aliphatic rings. The molecule has 1 aromatic carbocycles. The number of fused-ring (bicyclic) bond motifs is 1.